The van der Waals surface area contributed by atoms with Crippen LogP contribution >= 0.6 is 46.1 Å². The summed E-state index contributed by atoms with van der Waals surface area (Å²) in [6.45, 7) is 9.31. The fraction of sp³-hybridized carbons (Fsp3) is 0.238. The van der Waals surface area contributed by atoms with E-state index in [0.29, 0.717) is 5.13 Å². The maximum absolute atomic E-state index is 12.3. The Labute approximate surface area is 191 Å². The van der Waals surface area contributed by atoms with Crippen LogP contribution in [-0.4, -0.2) is 20.8 Å². The minimum absolute atomic E-state index is 0.418. The Morgan fingerprint density at radius 1 is 1.14 bits per heavy atom. The van der Waals surface area contributed by atoms with Crippen LogP contribution < -0.4 is 10.6 Å². The molecule has 0 saturated heterocycles. The lowest BCUT2D eigenvalue weighted by molar-refractivity contribution is -0.117. The van der Waals surface area contributed by atoms with Crippen LogP contribution in [0.3, 0.4) is 0 Å². The molecule has 1 heterocycles. The van der Waals surface area contributed by atoms with Crippen molar-refractivity contribution in [3.05, 3.63) is 71.3 Å². The number of rotatable bonds is 9. The van der Waals surface area contributed by atoms with Crippen molar-refractivity contribution in [2.45, 2.75) is 30.7 Å². The van der Waals surface area contributed by atoms with Crippen LogP contribution in [0.5, 0.6) is 0 Å². The summed E-state index contributed by atoms with van der Waals surface area (Å²) in [4.78, 5) is 17.8. The minimum atomic E-state index is -1.79. The molecular weight excluding hydrogens is 449 g/mol. The van der Waals surface area contributed by atoms with E-state index in [2.05, 4.69) is 22.2 Å². The molecule has 0 radical (unpaired) electrons. The largest absolute Gasteiger partial charge is 0.338 e. The number of alkyl halides is 3. The summed E-state index contributed by atoms with van der Waals surface area (Å²) in [5.74, 6) is -0.418. The number of hydrogen-bond donors (Lipinski definition) is 2. The third-order valence-electron chi connectivity index (χ3n) is 3.39. The second-order valence-corrected chi connectivity index (χ2v) is 9.01. The Hall–Kier alpha value is -1.79. The van der Waals surface area contributed by atoms with Gasteiger partial charge in [0.2, 0.25) is 9.70 Å². The molecule has 8 heteroatoms. The molecule has 4 nitrogen and oxygen atoms in total. The molecule has 1 atom stereocenters. The Balaban J connectivity index is 2.99. The number of amides is 1. The molecule has 29 heavy (non-hydrogen) atoms. The lowest BCUT2D eigenvalue weighted by Gasteiger charge is -2.25. The van der Waals surface area contributed by atoms with E-state index in [-0.39, 0.29) is 0 Å². The first-order valence-electron chi connectivity index (χ1n) is 8.78. The number of halogens is 3. The minimum Gasteiger partial charge on any atom is -0.338 e. The number of aromatic nitrogens is 1. The van der Waals surface area contributed by atoms with E-state index in [9.17, 15) is 4.79 Å². The van der Waals surface area contributed by atoms with Gasteiger partial charge in [-0.25, -0.2) is 4.98 Å². The highest BCUT2D eigenvalue weighted by Gasteiger charge is 2.34. The van der Waals surface area contributed by atoms with Crippen LogP contribution in [-0.2, 0) is 4.79 Å². The van der Waals surface area contributed by atoms with Crippen LogP contribution in [0.4, 0.5) is 5.13 Å². The first-order valence-corrected chi connectivity index (χ1v) is 10.7. The summed E-state index contributed by atoms with van der Waals surface area (Å²) in [5.41, 5.74) is 1.63. The first kappa shape index (κ1) is 25.2. The summed E-state index contributed by atoms with van der Waals surface area (Å²) in [6, 6.07) is 0. The van der Waals surface area contributed by atoms with Gasteiger partial charge in [0.25, 0.3) is 0 Å². The molecule has 0 bridgehead atoms. The zero-order valence-corrected chi connectivity index (χ0v) is 19.5. The number of nitrogens with one attached hydrogen (secondary N) is 2. The average Bonchev–Trinajstić information content (AvgIpc) is 3.02. The third kappa shape index (κ3) is 9.05. The zero-order valence-electron chi connectivity index (χ0n) is 16.5. The van der Waals surface area contributed by atoms with Gasteiger partial charge in [-0.3, -0.25) is 4.79 Å². The molecular formula is C21H24Cl3N3OS. The molecule has 156 valence electrons. The first-order chi connectivity index (χ1) is 13.7. The van der Waals surface area contributed by atoms with Crippen molar-refractivity contribution in [1.29, 1.82) is 0 Å². The molecule has 0 aliphatic rings. The molecule has 1 aromatic rings. The van der Waals surface area contributed by atoms with Gasteiger partial charge in [-0.05, 0) is 44.6 Å². The van der Waals surface area contributed by atoms with E-state index in [4.69, 9.17) is 34.8 Å². The highest BCUT2D eigenvalue weighted by Crippen LogP contribution is 2.33. The van der Waals surface area contributed by atoms with Gasteiger partial charge >= 0.3 is 0 Å². The molecule has 0 spiro atoms. The quantitative estimate of drug-likeness (QED) is 0.182. The van der Waals surface area contributed by atoms with Crippen molar-refractivity contribution in [3.8, 4) is 0 Å². The summed E-state index contributed by atoms with van der Waals surface area (Å²) in [7, 11) is 0. The van der Waals surface area contributed by atoms with Gasteiger partial charge in [0.15, 0.2) is 5.13 Å². The van der Waals surface area contributed by atoms with Crippen LogP contribution in [0.25, 0.3) is 12.2 Å². The number of carbonyl (C=O) groups is 1. The van der Waals surface area contributed by atoms with Gasteiger partial charge in [0, 0.05) is 6.08 Å². The van der Waals surface area contributed by atoms with E-state index in [1.807, 2.05) is 57.2 Å². The summed E-state index contributed by atoms with van der Waals surface area (Å²) in [6.07, 6.45) is 16.8. The maximum Gasteiger partial charge on any atom is 0.245 e. The standard InChI is InChI=1S/C21H24Cl3N3OS/c1-5-9-12-15(8-4)13-14-18(28)26-19(21(22,23)24)27-20-25-16(10-6-2)17(29-20)11-7-3/h5-14,19H,1H2,2-4H3,(H,25,27)(H,26,28)/b10-6-,11-7-,12-9-,14-13+,15-8+. The summed E-state index contributed by atoms with van der Waals surface area (Å²) < 4.78 is -1.79. The van der Waals surface area contributed by atoms with Crippen molar-refractivity contribution in [3.63, 3.8) is 0 Å². The SMILES string of the molecule is C=C\C=C/C(/C=C/C(=O)NC(Nc1nc(/C=C\C)c(/C=C\C)s1)C(Cl)(Cl)Cl)=C\C. The molecule has 1 amide bonds. The lowest BCUT2D eigenvalue weighted by atomic mass is 10.2. The predicted octanol–water partition coefficient (Wildman–Crippen LogP) is 6.68. The zero-order chi connectivity index (χ0) is 21.9. The number of allylic oxidation sites excluding steroid dienone is 8. The van der Waals surface area contributed by atoms with Gasteiger partial charge in [0.1, 0.15) is 6.17 Å². The third-order valence-corrected chi connectivity index (χ3v) is 5.01. The lowest BCUT2D eigenvalue weighted by Crippen LogP contribution is -2.48. The van der Waals surface area contributed by atoms with Crippen molar-refractivity contribution in [1.82, 2.24) is 10.3 Å². The Kier molecular flexibility index (Phi) is 11.1. The fourth-order valence-corrected chi connectivity index (χ4v) is 3.34. The predicted molar refractivity (Wildman–Crippen MR) is 130 cm³/mol. The van der Waals surface area contributed by atoms with Crippen LogP contribution in [0.15, 0.2) is 60.8 Å². The van der Waals surface area contributed by atoms with Gasteiger partial charge in [-0.15, -0.1) is 0 Å². The van der Waals surface area contributed by atoms with E-state index in [0.717, 1.165) is 16.1 Å². The van der Waals surface area contributed by atoms with Gasteiger partial charge in [0.05, 0.1) is 10.6 Å². The normalized spacial score (nSPS) is 14.3. The molecule has 0 aliphatic heterocycles. The van der Waals surface area contributed by atoms with Crippen molar-refractivity contribution >= 4 is 69.3 Å². The molecule has 1 rings (SSSR count). The van der Waals surface area contributed by atoms with Gasteiger partial charge in [-0.1, -0.05) is 89.2 Å². The molecule has 0 aromatic carbocycles. The molecule has 0 fully saturated rings. The average molecular weight is 473 g/mol. The van der Waals surface area contributed by atoms with Crippen molar-refractivity contribution in [2.75, 3.05) is 5.32 Å². The number of nitrogens with zero attached hydrogens (tertiary/aromatic N) is 1. The van der Waals surface area contributed by atoms with E-state index in [1.165, 1.54) is 17.4 Å². The smallest absolute Gasteiger partial charge is 0.245 e. The van der Waals surface area contributed by atoms with Gasteiger partial charge < -0.3 is 10.6 Å². The van der Waals surface area contributed by atoms with E-state index < -0.39 is 15.9 Å². The summed E-state index contributed by atoms with van der Waals surface area (Å²) >= 11 is 19.6. The van der Waals surface area contributed by atoms with Crippen LogP contribution in [0, 0.1) is 0 Å². The van der Waals surface area contributed by atoms with Crippen molar-refractivity contribution in [2.24, 2.45) is 0 Å². The van der Waals surface area contributed by atoms with E-state index in [1.54, 1.807) is 18.2 Å². The summed E-state index contributed by atoms with van der Waals surface area (Å²) in [5, 5.41) is 6.18. The Morgan fingerprint density at radius 3 is 2.38 bits per heavy atom. The molecule has 1 unspecified atom stereocenters. The number of anilines is 1. The van der Waals surface area contributed by atoms with Crippen LogP contribution in [0.1, 0.15) is 31.3 Å². The molecule has 1 aromatic heterocycles. The highest BCUT2D eigenvalue weighted by molar-refractivity contribution is 7.16. The number of carbonyl (C=O) groups excluding carboxylic acids is 1. The van der Waals surface area contributed by atoms with Crippen LogP contribution in [0.2, 0.25) is 0 Å². The second-order valence-electron chi connectivity index (χ2n) is 5.61. The maximum atomic E-state index is 12.3. The Bertz CT molecular complexity index is 816. The molecule has 2 N–H and O–H groups in total. The monoisotopic (exact) mass is 471 g/mol. The number of thiazole rings is 1. The second kappa shape index (κ2) is 12.7. The fourth-order valence-electron chi connectivity index (χ4n) is 2.07. The topological polar surface area (TPSA) is 54.0 Å². The van der Waals surface area contributed by atoms with E-state index >= 15 is 0 Å². The van der Waals surface area contributed by atoms with Crippen molar-refractivity contribution < 1.29 is 4.79 Å². The Morgan fingerprint density at radius 2 is 1.83 bits per heavy atom. The number of hydrogen-bond acceptors (Lipinski definition) is 4. The molecule has 0 saturated carbocycles. The van der Waals surface area contributed by atoms with Gasteiger partial charge in [-0.2, -0.15) is 0 Å². The highest BCUT2D eigenvalue weighted by atomic mass is 35.6. The molecule has 0 aliphatic carbocycles.